The van der Waals surface area contributed by atoms with E-state index in [0.29, 0.717) is 18.2 Å². The first kappa shape index (κ1) is 8.80. The third-order valence-corrected chi connectivity index (χ3v) is 2.15. The molecule has 3 heteroatoms. The zero-order chi connectivity index (χ0) is 7.11. The molecule has 52 valence electrons. The largest absolute Gasteiger partial charge is 0.329 e. The zero-order valence-electron chi connectivity index (χ0n) is 5.63. The minimum Gasteiger partial charge on any atom is -0.329 e. The van der Waals surface area contributed by atoms with Crippen molar-refractivity contribution < 1.29 is 0 Å². The van der Waals surface area contributed by atoms with E-state index in [1.165, 1.54) is 0 Å². The number of rotatable bonds is 4. The summed E-state index contributed by atoms with van der Waals surface area (Å²) in [6.45, 7) is 2.78. The first-order valence-corrected chi connectivity index (χ1v) is 4.04. The molecule has 0 aromatic heterocycles. The van der Waals surface area contributed by atoms with E-state index in [0.717, 1.165) is 5.75 Å². The first-order valence-electron chi connectivity index (χ1n) is 3.00. The van der Waals surface area contributed by atoms with Crippen LogP contribution in [-0.4, -0.2) is 17.5 Å². The molecule has 0 spiro atoms. The molecule has 0 aliphatic rings. The lowest BCUT2D eigenvalue weighted by Crippen LogP contribution is -2.12. The predicted molar refractivity (Wildman–Crippen MR) is 41.2 cm³/mol. The van der Waals surface area contributed by atoms with Gasteiger partial charge in [0.05, 0.1) is 6.07 Å². The van der Waals surface area contributed by atoms with E-state index in [1.807, 2.05) is 0 Å². The van der Waals surface area contributed by atoms with Crippen molar-refractivity contribution in [2.24, 2.45) is 5.73 Å². The van der Waals surface area contributed by atoms with E-state index >= 15 is 0 Å². The Morgan fingerprint density at radius 1 is 1.78 bits per heavy atom. The van der Waals surface area contributed by atoms with Gasteiger partial charge in [0.25, 0.3) is 0 Å². The number of thioether (sulfide) groups is 1. The molecule has 1 unspecified atom stereocenters. The Hall–Kier alpha value is -0.200. The molecule has 0 rings (SSSR count). The Morgan fingerprint density at radius 2 is 2.44 bits per heavy atom. The highest BCUT2D eigenvalue weighted by Gasteiger charge is 1.96. The Kier molecular flexibility index (Phi) is 5.80. The number of hydrogen-bond donors (Lipinski definition) is 1. The molecular weight excluding hydrogens is 132 g/mol. The van der Waals surface area contributed by atoms with Crippen LogP contribution in [0.3, 0.4) is 0 Å². The van der Waals surface area contributed by atoms with Crippen molar-refractivity contribution >= 4 is 11.8 Å². The van der Waals surface area contributed by atoms with Crippen molar-refractivity contribution in [3.8, 4) is 6.07 Å². The summed E-state index contributed by atoms with van der Waals surface area (Å²) in [5.74, 6) is 0.912. The van der Waals surface area contributed by atoms with Gasteiger partial charge in [0.15, 0.2) is 0 Å². The Labute approximate surface area is 60.4 Å². The Balaban J connectivity index is 2.99. The van der Waals surface area contributed by atoms with Gasteiger partial charge in [0.2, 0.25) is 0 Å². The number of nitrogens with zero attached hydrogens (tertiary/aromatic N) is 1. The SMILES string of the molecule is CC(CN)SCCC#N. The van der Waals surface area contributed by atoms with Gasteiger partial charge in [-0.25, -0.2) is 0 Å². The van der Waals surface area contributed by atoms with E-state index in [2.05, 4.69) is 13.0 Å². The van der Waals surface area contributed by atoms with Crippen LogP contribution in [0.25, 0.3) is 0 Å². The van der Waals surface area contributed by atoms with Gasteiger partial charge in [-0.05, 0) is 0 Å². The van der Waals surface area contributed by atoms with Crippen LogP contribution in [-0.2, 0) is 0 Å². The van der Waals surface area contributed by atoms with Crippen LogP contribution in [0.1, 0.15) is 13.3 Å². The second-order valence-corrected chi connectivity index (χ2v) is 3.37. The van der Waals surface area contributed by atoms with Crippen LogP contribution < -0.4 is 5.73 Å². The maximum absolute atomic E-state index is 8.16. The lowest BCUT2D eigenvalue weighted by Gasteiger charge is -2.03. The average molecular weight is 144 g/mol. The molecule has 0 aromatic rings. The summed E-state index contributed by atoms with van der Waals surface area (Å²) in [4.78, 5) is 0. The van der Waals surface area contributed by atoms with Gasteiger partial charge in [-0.3, -0.25) is 0 Å². The quantitative estimate of drug-likeness (QED) is 0.598. The van der Waals surface area contributed by atoms with Gasteiger partial charge >= 0.3 is 0 Å². The number of hydrogen-bond acceptors (Lipinski definition) is 3. The monoisotopic (exact) mass is 144 g/mol. The highest BCUT2D eigenvalue weighted by atomic mass is 32.2. The maximum Gasteiger partial charge on any atom is 0.0630 e. The van der Waals surface area contributed by atoms with Gasteiger partial charge in [0.1, 0.15) is 0 Å². The predicted octanol–water partition coefficient (Wildman–Crippen LogP) is 0.980. The van der Waals surface area contributed by atoms with Crippen molar-refractivity contribution in [1.29, 1.82) is 5.26 Å². The van der Waals surface area contributed by atoms with Crippen molar-refractivity contribution in [1.82, 2.24) is 0 Å². The fraction of sp³-hybridized carbons (Fsp3) is 0.833. The van der Waals surface area contributed by atoms with Crippen LogP contribution in [0.5, 0.6) is 0 Å². The lowest BCUT2D eigenvalue weighted by atomic mass is 10.5. The normalized spacial score (nSPS) is 12.6. The first-order chi connectivity index (χ1) is 4.31. The summed E-state index contributed by atoms with van der Waals surface area (Å²) in [6.07, 6.45) is 0.634. The van der Waals surface area contributed by atoms with Crippen molar-refractivity contribution in [2.45, 2.75) is 18.6 Å². The van der Waals surface area contributed by atoms with E-state index in [1.54, 1.807) is 11.8 Å². The molecule has 0 aliphatic heterocycles. The molecule has 0 bridgehead atoms. The van der Waals surface area contributed by atoms with Crippen molar-refractivity contribution in [3.63, 3.8) is 0 Å². The number of nitrogens with two attached hydrogens (primary N) is 1. The van der Waals surface area contributed by atoms with Crippen LogP contribution in [0.2, 0.25) is 0 Å². The van der Waals surface area contributed by atoms with Crippen molar-refractivity contribution in [3.05, 3.63) is 0 Å². The molecule has 1 atom stereocenters. The number of nitriles is 1. The molecule has 0 heterocycles. The van der Waals surface area contributed by atoms with E-state index in [-0.39, 0.29) is 0 Å². The molecule has 0 saturated carbocycles. The molecule has 0 aromatic carbocycles. The molecule has 0 amide bonds. The van der Waals surface area contributed by atoms with E-state index < -0.39 is 0 Å². The second kappa shape index (κ2) is 5.93. The average Bonchev–Trinajstić information content (AvgIpc) is 1.89. The standard InChI is InChI=1S/C6H12N2S/c1-6(5-8)9-4-2-3-7/h6H,2,4-5,8H2,1H3. The van der Waals surface area contributed by atoms with Gasteiger partial charge < -0.3 is 5.73 Å². The zero-order valence-corrected chi connectivity index (χ0v) is 6.45. The van der Waals surface area contributed by atoms with Gasteiger partial charge in [-0.15, -0.1) is 0 Å². The van der Waals surface area contributed by atoms with Crippen molar-refractivity contribution in [2.75, 3.05) is 12.3 Å². The third kappa shape index (κ3) is 5.67. The van der Waals surface area contributed by atoms with Gasteiger partial charge in [0, 0.05) is 24.0 Å². The summed E-state index contributed by atoms with van der Waals surface area (Å²) >= 11 is 1.75. The van der Waals surface area contributed by atoms with Crippen LogP contribution in [0.4, 0.5) is 0 Å². The highest BCUT2D eigenvalue weighted by Crippen LogP contribution is 2.08. The lowest BCUT2D eigenvalue weighted by molar-refractivity contribution is 0.950. The van der Waals surface area contributed by atoms with E-state index in [4.69, 9.17) is 11.0 Å². The topological polar surface area (TPSA) is 49.8 Å². The molecule has 2 N–H and O–H groups in total. The summed E-state index contributed by atoms with van der Waals surface area (Å²) in [5, 5.41) is 8.66. The van der Waals surface area contributed by atoms with Crippen LogP contribution in [0.15, 0.2) is 0 Å². The van der Waals surface area contributed by atoms with Crippen LogP contribution in [0, 0.1) is 11.3 Å². The smallest absolute Gasteiger partial charge is 0.0630 e. The highest BCUT2D eigenvalue weighted by molar-refractivity contribution is 7.99. The second-order valence-electron chi connectivity index (χ2n) is 1.83. The molecule has 2 nitrogen and oxygen atoms in total. The van der Waals surface area contributed by atoms with Gasteiger partial charge in [-0.2, -0.15) is 17.0 Å². The third-order valence-electron chi connectivity index (χ3n) is 0.948. The molecule has 0 radical (unpaired) electrons. The Morgan fingerprint density at radius 3 is 2.89 bits per heavy atom. The molecular formula is C6H12N2S. The van der Waals surface area contributed by atoms with Gasteiger partial charge in [-0.1, -0.05) is 6.92 Å². The molecule has 9 heavy (non-hydrogen) atoms. The molecule has 0 aliphatic carbocycles. The van der Waals surface area contributed by atoms with E-state index in [9.17, 15) is 0 Å². The summed E-state index contributed by atoms with van der Waals surface area (Å²) in [5.41, 5.74) is 5.35. The molecule has 0 fully saturated rings. The summed E-state index contributed by atoms with van der Waals surface area (Å²) in [6, 6.07) is 2.09. The molecule has 0 saturated heterocycles. The Bertz CT molecular complexity index is 97.7. The van der Waals surface area contributed by atoms with Crippen LogP contribution >= 0.6 is 11.8 Å². The summed E-state index contributed by atoms with van der Waals surface area (Å²) in [7, 11) is 0. The fourth-order valence-electron chi connectivity index (χ4n) is 0.374. The minimum absolute atomic E-state index is 0.498. The minimum atomic E-state index is 0.498. The summed E-state index contributed by atoms with van der Waals surface area (Å²) < 4.78 is 0. The maximum atomic E-state index is 8.16. The fourth-order valence-corrected chi connectivity index (χ4v) is 1.12.